The molecule has 1 N–H and O–H groups in total. The summed E-state index contributed by atoms with van der Waals surface area (Å²) in [7, 11) is -2.30. The van der Waals surface area contributed by atoms with E-state index < -0.39 is 16.1 Å². The van der Waals surface area contributed by atoms with E-state index in [9.17, 15) is 8.42 Å². The monoisotopic (exact) mass is 380 g/mol. The van der Waals surface area contributed by atoms with Gasteiger partial charge in [-0.15, -0.1) is 10.2 Å². The van der Waals surface area contributed by atoms with E-state index in [4.69, 9.17) is 9.37 Å². The number of ether oxygens (including phenoxy) is 1. The first-order chi connectivity index (χ1) is 12.3. The minimum atomic E-state index is -3.89. The van der Waals surface area contributed by atoms with Crippen LogP contribution in [0.3, 0.4) is 0 Å². The maximum absolute atomic E-state index is 13.0. The average Bonchev–Trinajstić information content (AvgIpc) is 3.21. The van der Waals surface area contributed by atoms with Gasteiger partial charge in [-0.1, -0.05) is 6.07 Å². The molecule has 0 bridgehead atoms. The Bertz CT molecular complexity index is 1030. The molecule has 0 amide bonds. The molecule has 1 aromatic carbocycles. The number of aromatic nitrogens is 5. The van der Waals surface area contributed by atoms with Crippen LogP contribution in [0.2, 0.25) is 0 Å². The van der Waals surface area contributed by atoms with Crippen LogP contribution in [0.25, 0.3) is 11.0 Å². The van der Waals surface area contributed by atoms with E-state index in [0.717, 1.165) is 5.56 Å². The van der Waals surface area contributed by atoms with Crippen molar-refractivity contribution >= 4 is 21.1 Å². The minimum absolute atomic E-state index is 0.0501. The van der Waals surface area contributed by atoms with Gasteiger partial charge in [0, 0.05) is 13.7 Å². The van der Waals surface area contributed by atoms with Crippen LogP contribution in [0.5, 0.6) is 0 Å². The smallest absolute Gasteiger partial charge is 0.243 e. The summed E-state index contributed by atoms with van der Waals surface area (Å²) in [5, 5.41) is 15.4. The number of nitrogens with zero attached hydrogens (tertiary/aromatic N) is 5. The number of benzene rings is 1. The Morgan fingerprint density at radius 2 is 2.00 bits per heavy atom. The van der Waals surface area contributed by atoms with E-state index >= 15 is 0 Å². The highest BCUT2D eigenvalue weighted by molar-refractivity contribution is 7.89. The summed E-state index contributed by atoms with van der Waals surface area (Å²) in [5.41, 5.74) is 1.99. The molecule has 3 aromatic rings. The molecule has 0 saturated heterocycles. The van der Waals surface area contributed by atoms with Crippen LogP contribution in [-0.2, 0) is 21.3 Å². The Morgan fingerprint density at radius 1 is 1.27 bits per heavy atom. The molecule has 0 spiro atoms. The van der Waals surface area contributed by atoms with Crippen molar-refractivity contribution < 1.29 is 17.8 Å². The molecular weight excluding hydrogens is 360 g/mol. The SMILES string of the molecule is COCCn1cnnc1[C@H](C)NS(=O)(=O)c1c(C)cc(C)c2nonc12. The van der Waals surface area contributed by atoms with Crippen molar-refractivity contribution in [2.24, 2.45) is 0 Å². The molecule has 0 radical (unpaired) electrons. The molecule has 140 valence electrons. The van der Waals surface area contributed by atoms with Gasteiger partial charge >= 0.3 is 0 Å². The molecule has 0 fully saturated rings. The van der Waals surface area contributed by atoms with E-state index in [2.05, 4.69) is 25.2 Å². The lowest BCUT2D eigenvalue weighted by Gasteiger charge is -2.16. The minimum Gasteiger partial charge on any atom is -0.383 e. The van der Waals surface area contributed by atoms with E-state index in [1.54, 1.807) is 31.6 Å². The summed E-state index contributed by atoms with van der Waals surface area (Å²) >= 11 is 0. The summed E-state index contributed by atoms with van der Waals surface area (Å²) in [6, 6.07) is 1.14. The fraction of sp³-hybridized carbons (Fsp3) is 0.467. The number of sulfonamides is 1. The van der Waals surface area contributed by atoms with Crippen molar-refractivity contribution in [1.82, 2.24) is 29.8 Å². The average molecular weight is 380 g/mol. The van der Waals surface area contributed by atoms with Crippen LogP contribution < -0.4 is 4.72 Å². The topological polar surface area (TPSA) is 125 Å². The van der Waals surface area contributed by atoms with Crippen LogP contribution >= 0.6 is 0 Å². The Balaban J connectivity index is 1.95. The highest BCUT2D eigenvalue weighted by Crippen LogP contribution is 2.28. The Morgan fingerprint density at radius 3 is 2.73 bits per heavy atom. The zero-order chi connectivity index (χ0) is 18.9. The summed E-state index contributed by atoms with van der Waals surface area (Å²) in [6.45, 7) is 6.22. The molecule has 0 saturated carbocycles. The number of methoxy groups -OCH3 is 1. The molecular formula is C15H20N6O4S. The van der Waals surface area contributed by atoms with Crippen LogP contribution in [0.4, 0.5) is 0 Å². The van der Waals surface area contributed by atoms with Crippen LogP contribution in [0.15, 0.2) is 21.9 Å². The van der Waals surface area contributed by atoms with Crippen molar-refractivity contribution in [1.29, 1.82) is 0 Å². The number of rotatable bonds is 7. The Hall–Kier alpha value is -2.37. The van der Waals surface area contributed by atoms with Crippen LogP contribution in [0.1, 0.15) is 29.9 Å². The quantitative estimate of drug-likeness (QED) is 0.646. The number of nitrogens with one attached hydrogen (secondary N) is 1. The fourth-order valence-corrected chi connectivity index (χ4v) is 4.45. The maximum atomic E-state index is 13.0. The van der Waals surface area contributed by atoms with Gasteiger partial charge in [-0.25, -0.2) is 17.8 Å². The lowest BCUT2D eigenvalue weighted by Crippen LogP contribution is -2.30. The number of fused-ring (bicyclic) bond motifs is 1. The van der Waals surface area contributed by atoms with Gasteiger partial charge in [0.2, 0.25) is 10.0 Å². The molecule has 3 rings (SSSR count). The lowest BCUT2D eigenvalue weighted by atomic mass is 10.1. The van der Waals surface area contributed by atoms with Crippen molar-refractivity contribution in [3.05, 3.63) is 29.3 Å². The first-order valence-corrected chi connectivity index (χ1v) is 9.45. The number of aryl methyl sites for hydroxylation is 2. The van der Waals surface area contributed by atoms with E-state index in [1.807, 2.05) is 6.92 Å². The second-order valence-electron chi connectivity index (χ2n) is 6.02. The van der Waals surface area contributed by atoms with Crippen LogP contribution in [-0.4, -0.2) is 47.2 Å². The summed E-state index contributed by atoms with van der Waals surface area (Å²) in [6.07, 6.45) is 1.54. The van der Waals surface area contributed by atoms with Gasteiger partial charge in [-0.2, -0.15) is 0 Å². The molecule has 0 unspecified atom stereocenters. The van der Waals surface area contributed by atoms with Gasteiger partial charge in [-0.3, -0.25) is 0 Å². The van der Waals surface area contributed by atoms with Crippen molar-refractivity contribution in [3.63, 3.8) is 0 Å². The number of hydrogen-bond acceptors (Lipinski definition) is 8. The lowest BCUT2D eigenvalue weighted by molar-refractivity contribution is 0.185. The molecule has 0 aliphatic heterocycles. The molecule has 0 aliphatic carbocycles. The largest absolute Gasteiger partial charge is 0.383 e. The third kappa shape index (κ3) is 3.32. The first kappa shape index (κ1) is 18.4. The van der Waals surface area contributed by atoms with Crippen molar-refractivity contribution in [2.45, 2.75) is 38.3 Å². The molecule has 10 nitrogen and oxygen atoms in total. The summed E-state index contributed by atoms with van der Waals surface area (Å²) < 4.78 is 40.2. The van der Waals surface area contributed by atoms with Crippen molar-refractivity contribution in [3.8, 4) is 0 Å². The molecule has 2 aromatic heterocycles. The predicted octanol–water partition coefficient (Wildman–Crippen LogP) is 1.12. The normalized spacial score (nSPS) is 13.4. The maximum Gasteiger partial charge on any atom is 0.243 e. The van der Waals surface area contributed by atoms with Gasteiger partial charge < -0.3 is 9.30 Å². The second-order valence-corrected chi connectivity index (χ2v) is 7.67. The third-order valence-corrected chi connectivity index (χ3v) is 5.75. The molecule has 0 aliphatic rings. The zero-order valence-electron chi connectivity index (χ0n) is 14.9. The fourth-order valence-electron chi connectivity index (χ4n) is 2.89. The zero-order valence-corrected chi connectivity index (χ0v) is 15.7. The molecule has 1 atom stereocenters. The Kier molecular flexibility index (Phi) is 5.03. The van der Waals surface area contributed by atoms with Crippen molar-refractivity contribution in [2.75, 3.05) is 13.7 Å². The second kappa shape index (κ2) is 7.09. The standard InChI is InChI=1S/C15H20N6O4S/c1-9-7-10(2)14(13-12(9)18-25-19-13)26(22,23)20-11(3)15-17-16-8-21(15)5-6-24-4/h7-8,11,20H,5-6H2,1-4H3/t11-/m0/s1. The van der Waals surface area contributed by atoms with Gasteiger partial charge in [0.25, 0.3) is 0 Å². The highest BCUT2D eigenvalue weighted by Gasteiger charge is 2.27. The molecule has 26 heavy (non-hydrogen) atoms. The number of hydrogen-bond donors (Lipinski definition) is 1. The van der Waals surface area contributed by atoms with E-state index in [0.29, 0.717) is 30.1 Å². The van der Waals surface area contributed by atoms with Gasteiger partial charge in [0.1, 0.15) is 16.7 Å². The third-order valence-electron chi connectivity index (χ3n) is 4.04. The Labute approximate surface area is 150 Å². The van der Waals surface area contributed by atoms with E-state index in [-0.39, 0.29) is 10.4 Å². The predicted molar refractivity (Wildman–Crippen MR) is 91.9 cm³/mol. The van der Waals surface area contributed by atoms with Crippen LogP contribution in [0, 0.1) is 13.8 Å². The highest BCUT2D eigenvalue weighted by atomic mass is 32.2. The van der Waals surface area contributed by atoms with Gasteiger partial charge in [0.15, 0.2) is 11.3 Å². The summed E-state index contributed by atoms with van der Waals surface area (Å²) in [5.74, 6) is 0.491. The van der Waals surface area contributed by atoms with Gasteiger partial charge in [-0.05, 0) is 42.2 Å². The van der Waals surface area contributed by atoms with E-state index in [1.165, 1.54) is 6.33 Å². The van der Waals surface area contributed by atoms with Gasteiger partial charge in [0.05, 0.1) is 12.6 Å². The molecule has 2 heterocycles. The summed E-state index contributed by atoms with van der Waals surface area (Å²) in [4.78, 5) is 0.0501. The first-order valence-electron chi connectivity index (χ1n) is 7.96. The molecule has 11 heteroatoms.